The molecular formula is C35H32ClN5O2. The summed E-state index contributed by atoms with van der Waals surface area (Å²) in [6.45, 7) is 12.9. The number of carbonyl (C=O) groups excluding carboxylic acids is 1. The summed E-state index contributed by atoms with van der Waals surface area (Å²) in [5.74, 6) is -0.0413. The molecule has 7 nitrogen and oxygen atoms in total. The van der Waals surface area contributed by atoms with Gasteiger partial charge < -0.3 is 9.80 Å². The van der Waals surface area contributed by atoms with Crippen LogP contribution in [-0.2, 0) is 4.79 Å². The van der Waals surface area contributed by atoms with Gasteiger partial charge in [0.15, 0.2) is 0 Å². The van der Waals surface area contributed by atoms with Crippen molar-refractivity contribution in [3.8, 4) is 29.0 Å². The zero-order chi connectivity index (χ0) is 31.0. The van der Waals surface area contributed by atoms with Crippen molar-refractivity contribution in [2.75, 3.05) is 24.5 Å². The number of piperazine rings is 1. The maximum absolute atomic E-state index is 14.4. The molecule has 8 heteroatoms. The van der Waals surface area contributed by atoms with Crippen molar-refractivity contribution >= 4 is 34.1 Å². The van der Waals surface area contributed by atoms with Gasteiger partial charge in [-0.3, -0.25) is 14.2 Å². The van der Waals surface area contributed by atoms with Gasteiger partial charge in [-0.15, -0.1) is 0 Å². The molecule has 0 spiro atoms. The lowest BCUT2D eigenvalue weighted by Gasteiger charge is -2.41. The van der Waals surface area contributed by atoms with Gasteiger partial charge in [-0.2, -0.15) is 10.5 Å². The Morgan fingerprint density at radius 1 is 1.07 bits per heavy atom. The van der Waals surface area contributed by atoms with Gasteiger partial charge >= 0.3 is 0 Å². The first-order chi connectivity index (χ1) is 20.6. The highest BCUT2D eigenvalue weighted by Gasteiger charge is 2.31. The molecule has 1 aliphatic rings. The summed E-state index contributed by atoms with van der Waals surface area (Å²) in [4.78, 5) is 30.6. The molecule has 0 saturated carbocycles. The number of benzene rings is 3. The van der Waals surface area contributed by atoms with Gasteiger partial charge in [0.05, 0.1) is 28.5 Å². The van der Waals surface area contributed by atoms with Crippen molar-refractivity contribution in [2.24, 2.45) is 0 Å². The van der Waals surface area contributed by atoms with Crippen LogP contribution in [0.4, 0.5) is 5.69 Å². The number of fused-ring (bicyclic) bond motifs is 1. The Bertz CT molecular complexity index is 1930. The third-order valence-electron chi connectivity index (χ3n) is 8.20. The zero-order valence-corrected chi connectivity index (χ0v) is 25.4. The van der Waals surface area contributed by atoms with Crippen molar-refractivity contribution in [3.63, 3.8) is 0 Å². The maximum Gasteiger partial charge on any atom is 0.275 e. The van der Waals surface area contributed by atoms with Crippen molar-refractivity contribution in [3.05, 3.63) is 105 Å². The van der Waals surface area contributed by atoms with Crippen LogP contribution >= 0.6 is 11.6 Å². The lowest BCUT2D eigenvalue weighted by molar-refractivity contribution is -0.126. The highest BCUT2D eigenvalue weighted by Crippen LogP contribution is 2.40. The molecular weight excluding hydrogens is 558 g/mol. The molecule has 1 atom stereocenters. The summed E-state index contributed by atoms with van der Waals surface area (Å²) in [7, 11) is 0. The summed E-state index contributed by atoms with van der Waals surface area (Å²) >= 11 is 7.02. The maximum atomic E-state index is 14.4. The summed E-state index contributed by atoms with van der Waals surface area (Å²) in [5.41, 5.74) is 5.27. The number of para-hydroxylation sites is 1. The Kier molecular flexibility index (Phi) is 8.13. The van der Waals surface area contributed by atoms with Crippen LogP contribution in [0.3, 0.4) is 0 Å². The predicted octanol–water partition coefficient (Wildman–Crippen LogP) is 6.71. The number of nitriles is 2. The van der Waals surface area contributed by atoms with E-state index < -0.39 is 5.56 Å². The summed E-state index contributed by atoms with van der Waals surface area (Å²) in [6.07, 6.45) is 1.30. The standard InChI is InChI=1S/C35H32ClN5O2/c1-6-33(42)39-13-14-40(23(5)20-39)34-28-16-30(36)27(26-15-24(18-37)12-11-22(26)4)17-32(28)41(35(43)29(34)19-38)31-10-8-7-9-25(31)21(2)3/h6-12,15-17,21,23H,1,13-14,20H2,2-5H3/t23-/m0/s1. The van der Waals surface area contributed by atoms with Crippen LogP contribution in [0.1, 0.15) is 48.9 Å². The van der Waals surface area contributed by atoms with Crippen molar-refractivity contribution < 1.29 is 4.79 Å². The van der Waals surface area contributed by atoms with E-state index in [4.69, 9.17) is 11.6 Å². The number of aryl methyl sites for hydroxylation is 1. The highest BCUT2D eigenvalue weighted by atomic mass is 35.5. The second-order valence-electron chi connectivity index (χ2n) is 11.2. The quantitative estimate of drug-likeness (QED) is 0.241. The van der Waals surface area contributed by atoms with Gasteiger partial charge in [-0.25, -0.2) is 0 Å². The molecule has 1 aliphatic heterocycles. The second kappa shape index (κ2) is 11.8. The SMILES string of the molecule is C=CC(=O)N1CCN(c2c(C#N)c(=O)n(-c3ccccc3C(C)C)c3cc(-c4cc(C#N)ccc4C)c(Cl)cc23)[C@@H](C)C1. The fourth-order valence-corrected chi connectivity index (χ4v) is 6.28. The molecule has 1 aromatic heterocycles. The summed E-state index contributed by atoms with van der Waals surface area (Å²) < 4.78 is 1.62. The molecule has 4 aromatic rings. The molecule has 5 rings (SSSR count). The van der Waals surface area contributed by atoms with Crippen LogP contribution in [0.2, 0.25) is 5.02 Å². The molecule has 3 aromatic carbocycles. The van der Waals surface area contributed by atoms with E-state index in [2.05, 4.69) is 32.6 Å². The fourth-order valence-electron chi connectivity index (χ4n) is 6.02. The number of carbonyl (C=O) groups is 1. The minimum Gasteiger partial charge on any atom is -0.363 e. The molecule has 0 aliphatic carbocycles. The minimum atomic E-state index is -0.425. The lowest BCUT2D eigenvalue weighted by atomic mass is 9.95. The van der Waals surface area contributed by atoms with Gasteiger partial charge in [-0.1, -0.05) is 56.3 Å². The van der Waals surface area contributed by atoms with Crippen molar-refractivity contribution in [1.29, 1.82) is 10.5 Å². The number of anilines is 1. The monoisotopic (exact) mass is 589 g/mol. The molecule has 2 heterocycles. The number of hydrogen-bond donors (Lipinski definition) is 0. The van der Waals surface area contributed by atoms with E-state index in [1.807, 2.05) is 61.2 Å². The van der Waals surface area contributed by atoms with Crippen LogP contribution in [0.25, 0.3) is 27.7 Å². The number of rotatable bonds is 5. The van der Waals surface area contributed by atoms with E-state index in [0.29, 0.717) is 58.1 Å². The normalized spacial score (nSPS) is 14.9. The first-order valence-corrected chi connectivity index (χ1v) is 14.6. The Morgan fingerprint density at radius 2 is 1.81 bits per heavy atom. The molecule has 0 N–H and O–H groups in total. The predicted molar refractivity (Wildman–Crippen MR) is 172 cm³/mol. The van der Waals surface area contributed by atoms with Crippen molar-refractivity contribution in [2.45, 2.75) is 39.7 Å². The topological polar surface area (TPSA) is 93.1 Å². The van der Waals surface area contributed by atoms with Crippen LogP contribution in [-0.4, -0.2) is 41.1 Å². The molecule has 43 heavy (non-hydrogen) atoms. The largest absolute Gasteiger partial charge is 0.363 e. The third kappa shape index (κ3) is 5.18. The van der Waals surface area contributed by atoms with Gasteiger partial charge in [0.2, 0.25) is 5.91 Å². The van der Waals surface area contributed by atoms with Gasteiger partial charge in [-0.05, 0) is 72.9 Å². The Hall–Kier alpha value is -4.85. The van der Waals surface area contributed by atoms with E-state index in [9.17, 15) is 20.1 Å². The number of nitrogens with zero attached hydrogens (tertiary/aromatic N) is 5. The second-order valence-corrected chi connectivity index (χ2v) is 11.6. The number of amides is 1. The average molecular weight is 590 g/mol. The Labute approximate surface area is 256 Å². The smallest absolute Gasteiger partial charge is 0.275 e. The minimum absolute atomic E-state index is 0.0212. The first kappa shape index (κ1) is 29.6. The van der Waals surface area contributed by atoms with Gasteiger partial charge in [0.1, 0.15) is 11.6 Å². The lowest BCUT2D eigenvalue weighted by Crippen LogP contribution is -2.54. The molecule has 1 saturated heterocycles. The van der Waals surface area contributed by atoms with E-state index in [1.165, 1.54) is 6.08 Å². The Morgan fingerprint density at radius 3 is 2.47 bits per heavy atom. The van der Waals surface area contributed by atoms with Crippen LogP contribution in [0.15, 0.2) is 72.0 Å². The zero-order valence-electron chi connectivity index (χ0n) is 24.7. The molecule has 0 bridgehead atoms. The number of halogens is 1. The molecule has 0 radical (unpaired) electrons. The van der Waals surface area contributed by atoms with Crippen LogP contribution in [0, 0.1) is 29.6 Å². The molecule has 1 fully saturated rings. The van der Waals surface area contributed by atoms with Gasteiger partial charge in [0, 0.05) is 41.6 Å². The number of pyridine rings is 1. The first-order valence-electron chi connectivity index (χ1n) is 14.2. The summed E-state index contributed by atoms with van der Waals surface area (Å²) in [6, 6.07) is 21.1. The van der Waals surface area contributed by atoms with Gasteiger partial charge in [0.25, 0.3) is 5.56 Å². The Balaban J connectivity index is 1.88. The fraction of sp³-hybridized carbons (Fsp3) is 0.257. The van der Waals surface area contributed by atoms with E-state index in [1.54, 1.807) is 21.6 Å². The average Bonchev–Trinajstić information content (AvgIpc) is 3.00. The highest BCUT2D eigenvalue weighted by molar-refractivity contribution is 6.34. The number of aromatic nitrogens is 1. The summed E-state index contributed by atoms with van der Waals surface area (Å²) in [5, 5.41) is 21.2. The molecule has 0 unspecified atom stereocenters. The van der Waals surface area contributed by atoms with E-state index in [0.717, 1.165) is 16.7 Å². The third-order valence-corrected chi connectivity index (χ3v) is 8.52. The number of hydrogen-bond acceptors (Lipinski definition) is 5. The van der Waals surface area contributed by atoms with Crippen LogP contribution in [0.5, 0.6) is 0 Å². The van der Waals surface area contributed by atoms with Crippen LogP contribution < -0.4 is 10.5 Å². The van der Waals surface area contributed by atoms with Crippen molar-refractivity contribution in [1.82, 2.24) is 9.47 Å². The molecule has 1 amide bonds. The molecule has 216 valence electrons. The van der Waals surface area contributed by atoms with E-state index in [-0.39, 0.29) is 23.4 Å². The van der Waals surface area contributed by atoms with E-state index >= 15 is 0 Å².